The number of hydrogen-bond acceptors (Lipinski definition) is 4. The minimum Gasteiger partial charge on any atom is -0.285 e. The van der Waals surface area contributed by atoms with Crippen molar-refractivity contribution in [2.75, 3.05) is 6.26 Å². The summed E-state index contributed by atoms with van der Waals surface area (Å²) in [6.07, 6.45) is 4.48. The molecule has 2 atom stereocenters. The molecular formula is C10H14N3O2S+. The Kier molecular flexibility index (Phi) is 3.50. The molecule has 0 saturated carbocycles. The van der Waals surface area contributed by atoms with Gasteiger partial charge in [-0.1, -0.05) is 0 Å². The number of aromatic nitrogens is 1. The lowest BCUT2D eigenvalue weighted by molar-refractivity contribution is -0.909. The highest BCUT2D eigenvalue weighted by atomic mass is 32.2. The van der Waals surface area contributed by atoms with Gasteiger partial charge < -0.3 is 0 Å². The molecule has 0 amide bonds. The Morgan fingerprint density at radius 1 is 1.62 bits per heavy atom. The van der Waals surface area contributed by atoms with Crippen LogP contribution in [0.15, 0.2) is 22.7 Å². The molecule has 1 aromatic rings. The maximum Gasteiger partial charge on any atom is 0.231 e. The summed E-state index contributed by atoms with van der Waals surface area (Å²) >= 11 is 0. The first-order valence-corrected chi connectivity index (χ1v) is 6.67. The Morgan fingerprint density at radius 3 is 2.75 bits per heavy atom. The number of nitriles is 1. The molecule has 2 unspecified atom stereocenters. The number of nitrogens with zero attached hydrogens (tertiary/aromatic N) is 3. The van der Waals surface area contributed by atoms with E-state index in [4.69, 9.17) is 5.26 Å². The molecule has 0 aliphatic rings. The molecule has 0 bridgehead atoms. The predicted octanol–water partition coefficient (Wildman–Crippen LogP) is 1.16. The van der Waals surface area contributed by atoms with Crippen molar-refractivity contribution < 1.29 is 14.1 Å². The van der Waals surface area contributed by atoms with Gasteiger partial charge in [0, 0.05) is 29.5 Å². The average Bonchev–Trinajstić information content (AvgIpc) is 2.21. The van der Waals surface area contributed by atoms with E-state index in [1.54, 1.807) is 32.2 Å². The molecule has 1 rings (SSSR count). The van der Waals surface area contributed by atoms with Gasteiger partial charge in [0.05, 0.1) is 15.0 Å². The van der Waals surface area contributed by atoms with Crippen LogP contribution in [0.5, 0.6) is 0 Å². The van der Waals surface area contributed by atoms with E-state index >= 15 is 0 Å². The van der Waals surface area contributed by atoms with E-state index in [1.807, 2.05) is 0 Å². The van der Waals surface area contributed by atoms with Crippen molar-refractivity contribution in [3.63, 3.8) is 0 Å². The summed E-state index contributed by atoms with van der Waals surface area (Å²) in [5.41, 5.74) is 1.36. The van der Waals surface area contributed by atoms with E-state index in [1.165, 1.54) is 12.5 Å². The maximum absolute atomic E-state index is 12.0. The van der Waals surface area contributed by atoms with Crippen molar-refractivity contribution in [3.8, 4) is 6.19 Å². The van der Waals surface area contributed by atoms with Crippen molar-refractivity contribution in [2.24, 2.45) is 4.36 Å². The van der Waals surface area contributed by atoms with Gasteiger partial charge in [0.15, 0.2) is 0 Å². The minimum atomic E-state index is -2.60. The summed E-state index contributed by atoms with van der Waals surface area (Å²) in [7, 11) is -2.60. The smallest absolute Gasteiger partial charge is 0.231 e. The van der Waals surface area contributed by atoms with Crippen molar-refractivity contribution in [3.05, 3.63) is 29.6 Å². The van der Waals surface area contributed by atoms with Crippen molar-refractivity contribution in [2.45, 2.75) is 19.1 Å². The van der Waals surface area contributed by atoms with Crippen LogP contribution in [0.4, 0.5) is 0 Å². The zero-order valence-corrected chi connectivity index (χ0v) is 10.2. The molecule has 0 fully saturated rings. The molecular weight excluding hydrogens is 226 g/mol. The summed E-state index contributed by atoms with van der Waals surface area (Å²) in [4.78, 5) is 0. The molecule has 0 spiro atoms. The first kappa shape index (κ1) is 12.5. The van der Waals surface area contributed by atoms with Crippen LogP contribution >= 0.6 is 0 Å². The fraction of sp³-hybridized carbons (Fsp3) is 0.400. The van der Waals surface area contributed by atoms with Crippen LogP contribution in [-0.2, 0) is 9.73 Å². The summed E-state index contributed by atoms with van der Waals surface area (Å²) < 4.78 is 16.4. The van der Waals surface area contributed by atoms with Gasteiger partial charge in [-0.05, 0) is 13.0 Å². The number of rotatable bonds is 2. The molecule has 1 N–H and O–H groups in total. The van der Waals surface area contributed by atoms with Crippen molar-refractivity contribution >= 4 is 9.73 Å². The van der Waals surface area contributed by atoms with Crippen LogP contribution in [-0.4, -0.2) is 15.7 Å². The largest absolute Gasteiger partial charge is 0.285 e. The normalized spacial score (nSPS) is 15.9. The van der Waals surface area contributed by atoms with Gasteiger partial charge in [0.2, 0.25) is 18.1 Å². The first-order valence-electron chi connectivity index (χ1n) is 4.69. The lowest BCUT2D eigenvalue weighted by Gasteiger charge is -2.10. The second kappa shape index (κ2) is 4.49. The van der Waals surface area contributed by atoms with Gasteiger partial charge in [0.1, 0.15) is 0 Å². The molecule has 1 heterocycles. The van der Waals surface area contributed by atoms with Gasteiger partial charge in [-0.25, -0.2) is 4.21 Å². The van der Waals surface area contributed by atoms with Crippen LogP contribution in [0.3, 0.4) is 0 Å². The molecule has 0 saturated heterocycles. The van der Waals surface area contributed by atoms with E-state index in [9.17, 15) is 9.42 Å². The molecule has 0 aliphatic carbocycles. The number of hydrogen-bond donors (Lipinski definition) is 1. The molecule has 16 heavy (non-hydrogen) atoms. The second-order valence-corrected chi connectivity index (χ2v) is 6.25. The standard InChI is InChI=1S/C10H14N3O2S/c1-8-4-5-10(6-13(8)14)9(2)16(3,15)12-7-11/h4-6,9,14H,1-3H3/q+1. The zero-order valence-electron chi connectivity index (χ0n) is 9.41. The van der Waals surface area contributed by atoms with Crippen LogP contribution in [0.2, 0.25) is 0 Å². The zero-order chi connectivity index (χ0) is 12.3. The highest BCUT2D eigenvalue weighted by Gasteiger charge is 2.20. The predicted molar refractivity (Wildman–Crippen MR) is 59.1 cm³/mol. The van der Waals surface area contributed by atoms with E-state index in [0.717, 1.165) is 4.73 Å². The van der Waals surface area contributed by atoms with Crippen molar-refractivity contribution in [1.82, 2.24) is 0 Å². The molecule has 6 heteroatoms. The first-order chi connectivity index (χ1) is 7.38. The van der Waals surface area contributed by atoms with Gasteiger partial charge in [-0.15, -0.1) is 4.36 Å². The molecule has 0 aliphatic heterocycles. The van der Waals surface area contributed by atoms with E-state index in [2.05, 4.69) is 4.36 Å². The molecule has 86 valence electrons. The third-order valence-corrected chi connectivity index (χ3v) is 4.53. The monoisotopic (exact) mass is 240 g/mol. The topological polar surface area (TPSA) is 77.3 Å². The highest BCUT2D eigenvalue weighted by Crippen LogP contribution is 2.21. The third kappa shape index (κ3) is 2.49. The van der Waals surface area contributed by atoms with Gasteiger partial charge in [-0.2, -0.15) is 5.26 Å². The Bertz CT molecular complexity index is 554. The van der Waals surface area contributed by atoms with Gasteiger partial charge in [0.25, 0.3) is 0 Å². The van der Waals surface area contributed by atoms with E-state index in [0.29, 0.717) is 11.3 Å². The van der Waals surface area contributed by atoms with Crippen molar-refractivity contribution in [1.29, 1.82) is 5.26 Å². The Labute approximate surface area is 95.1 Å². The lowest BCUT2D eigenvalue weighted by atomic mass is 10.2. The fourth-order valence-corrected chi connectivity index (χ4v) is 2.20. The minimum absolute atomic E-state index is 0.411. The highest BCUT2D eigenvalue weighted by molar-refractivity contribution is 7.93. The Hall–Kier alpha value is -1.61. The van der Waals surface area contributed by atoms with E-state index in [-0.39, 0.29) is 0 Å². The fourth-order valence-electron chi connectivity index (χ4n) is 1.23. The summed E-state index contributed by atoms with van der Waals surface area (Å²) in [6.45, 7) is 3.46. The van der Waals surface area contributed by atoms with Gasteiger partial charge in [-0.3, -0.25) is 5.21 Å². The molecule has 0 radical (unpaired) electrons. The van der Waals surface area contributed by atoms with Crippen LogP contribution in [0, 0.1) is 18.4 Å². The summed E-state index contributed by atoms with van der Waals surface area (Å²) in [6, 6.07) is 3.48. The summed E-state index contributed by atoms with van der Waals surface area (Å²) in [5.74, 6) is 0. The van der Waals surface area contributed by atoms with E-state index < -0.39 is 15.0 Å². The van der Waals surface area contributed by atoms with Gasteiger partial charge >= 0.3 is 0 Å². The summed E-state index contributed by atoms with van der Waals surface area (Å²) in [5, 5.41) is 17.5. The Balaban J connectivity index is 3.22. The van der Waals surface area contributed by atoms with Crippen LogP contribution in [0.1, 0.15) is 23.4 Å². The third-order valence-electron chi connectivity index (χ3n) is 2.50. The number of pyridine rings is 1. The quantitative estimate of drug-likeness (QED) is 0.478. The number of aryl methyl sites for hydroxylation is 1. The molecule has 5 nitrogen and oxygen atoms in total. The van der Waals surface area contributed by atoms with Crippen LogP contribution in [0.25, 0.3) is 0 Å². The molecule has 0 aromatic carbocycles. The Morgan fingerprint density at radius 2 is 2.25 bits per heavy atom. The van der Waals surface area contributed by atoms with Crippen LogP contribution < -0.4 is 4.73 Å². The molecule has 1 aromatic heterocycles. The SMILES string of the molecule is Cc1ccc(C(C)S(C)(=O)=NC#N)c[n+]1O. The average molecular weight is 240 g/mol. The second-order valence-electron chi connectivity index (χ2n) is 3.64. The maximum atomic E-state index is 12.0. The lowest BCUT2D eigenvalue weighted by Crippen LogP contribution is -2.34.